The van der Waals surface area contributed by atoms with Crippen LogP contribution >= 0.6 is 0 Å². The average molecular weight is 268 g/mol. The third kappa shape index (κ3) is 4.17. The monoisotopic (exact) mass is 268 g/mol. The van der Waals surface area contributed by atoms with Crippen LogP contribution in [-0.2, 0) is 0 Å². The molecule has 3 atom stereocenters. The molecule has 3 nitrogen and oxygen atoms in total. The third-order valence-electron chi connectivity index (χ3n) is 5.19. The summed E-state index contributed by atoms with van der Waals surface area (Å²) in [6.45, 7) is 8.53. The quantitative estimate of drug-likeness (QED) is 0.743. The molecule has 0 radical (unpaired) electrons. The maximum atomic E-state index is 9.23. The molecule has 2 N–H and O–H groups in total. The van der Waals surface area contributed by atoms with E-state index in [0.29, 0.717) is 18.6 Å². The predicted molar refractivity (Wildman–Crippen MR) is 80.3 cm³/mol. The summed E-state index contributed by atoms with van der Waals surface area (Å²) in [4.78, 5) is 2.70. The fourth-order valence-corrected chi connectivity index (χ4v) is 3.68. The van der Waals surface area contributed by atoms with Crippen molar-refractivity contribution < 1.29 is 5.11 Å². The van der Waals surface area contributed by atoms with Crippen molar-refractivity contribution >= 4 is 0 Å². The minimum absolute atomic E-state index is 0.344. The maximum Gasteiger partial charge on any atom is 0.0434 e. The summed E-state index contributed by atoms with van der Waals surface area (Å²) in [7, 11) is 0. The van der Waals surface area contributed by atoms with Crippen molar-refractivity contribution in [2.24, 2.45) is 11.8 Å². The Labute approximate surface area is 118 Å². The molecule has 0 aromatic heterocycles. The Morgan fingerprint density at radius 1 is 1.32 bits per heavy atom. The smallest absolute Gasteiger partial charge is 0.0434 e. The minimum Gasteiger partial charge on any atom is -0.396 e. The van der Waals surface area contributed by atoms with E-state index in [1.807, 2.05) is 0 Å². The fourth-order valence-electron chi connectivity index (χ4n) is 3.68. The standard InChI is InChI=1S/C16H32N2O/c1-3-8-17-16-10-14(7-9-19)11-18(12-16)13(2)15-5-4-6-15/h13-17,19H,3-12H2,1-2H3. The Kier molecular flexibility index (Phi) is 6.11. The highest BCUT2D eigenvalue weighted by Gasteiger charge is 2.34. The Bertz CT molecular complexity index is 255. The van der Waals surface area contributed by atoms with Gasteiger partial charge in [0, 0.05) is 31.8 Å². The number of aliphatic hydroxyl groups excluding tert-OH is 1. The van der Waals surface area contributed by atoms with E-state index in [4.69, 9.17) is 0 Å². The molecule has 1 heterocycles. The van der Waals surface area contributed by atoms with E-state index >= 15 is 0 Å². The second kappa shape index (κ2) is 7.61. The Morgan fingerprint density at radius 2 is 2.11 bits per heavy atom. The van der Waals surface area contributed by atoms with E-state index in [9.17, 15) is 5.11 Å². The predicted octanol–water partition coefficient (Wildman–Crippen LogP) is 2.25. The molecule has 0 bridgehead atoms. The van der Waals surface area contributed by atoms with E-state index in [2.05, 4.69) is 24.1 Å². The fraction of sp³-hybridized carbons (Fsp3) is 1.00. The summed E-state index contributed by atoms with van der Waals surface area (Å²) in [5.74, 6) is 1.61. The van der Waals surface area contributed by atoms with Crippen LogP contribution in [0, 0.1) is 11.8 Å². The number of hydrogen-bond donors (Lipinski definition) is 2. The molecule has 0 amide bonds. The summed E-state index contributed by atoms with van der Waals surface area (Å²) in [6.07, 6.45) is 7.71. The van der Waals surface area contributed by atoms with Crippen molar-refractivity contribution in [2.75, 3.05) is 26.2 Å². The van der Waals surface area contributed by atoms with Gasteiger partial charge < -0.3 is 10.4 Å². The van der Waals surface area contributed by atoms with Crippen molar-refractivity contribution in [1.82, 2.24) is 10.2 Å². The maximum absolute atomic E-state index is 9.23. The van der Waals surface area contributed by atoms with Gasteiger partial charge in [-0.3, -0.25) is 4.90 Å². The van der Waals surface area contributed by atoms with Crippen molar-refractivity contribution in [3.05, 3.63) is 0 Å². The first-order valence-corrected chi connectivity index (χ1v) is 8.32. The third-order valence-corrected chi connectivity index (χ3v) is 5.19. The second-order valence-corrected chi connectivity index (χ2v) is 6.65. The van der Waals surface area contributed by atoms with Crippen LogP contribution in [0.25, 0.3) is 0 Å². The van der Waals surface area contributed by atoms with Crippen molar-refractivity contribution in [2.45, 2.75) is 64.5 Å². The van der Waals surface area contributed by atoms with Gasteiger partial charge in [0.25, 0.3) is 0 Å². The van der Waals surface area contributed by atoms with Crippen LogP contribution in [0.1, 0.15) is 52.4 Å². The van der Waals surface area contributed by atoms with Gasteiger partial charge in [0.15, 0.2) is 0 Å². The van der Waals surface area contributed by atoms with Gasteiger partial charge >= 0.3 is 0 Å². The molecule has 3 unspecified atom stereocenters. The normalized spacial score (nSPS) is 31.1. The van der Waals surface area contributed by atoms with Crippen LogP contribution in [0.15, 0.2) is 0 Å². The molecule has 0 aromatic carbocycles. The molecule has 3 heteroatoms. The lowest BCUT2D eigenvalue weighted by Gasteiger charge is -2.45. The van der Waals surface area contributed by atoms with Crippen LogP contribution in [0.5, 0.6) is 0 Å². The highest BCUT2D eigenvalue weighted by atomic mass is 16.3. The minimum atomic E-state index is 0.344. The van der Waals surface area contributed by atoms with Gasteiger partial charge in [0.1, 0.15) is 0 Å². The van der Waals surface area contributed by atoms with Crippen LogP contribution in [-0.4, -0.2) is 48.3 Å². The van der Waals surface area contributed by atoms with Crippen molar-refractivity contribution in [3.63, 3.8) is 0 Å². The molecule has 2 fully saturated rings. The summed E-state index contributed by atoms with van der Waals surface area (Å²) in [5.41, 5.74) is 0. The topological polar surface area (TPSA) is 35.5 Å². The lowest BCUT2D eigenvalue weighted by atomic mass is 9.78. The summed E-state index contributed by atoms with van der Waals surface area (Å²) in [6, 6.07) is 1.37. The van der Waals surface area contributed by atoms with Crippen molar-refractivity contribution in [1.29, 1.82) is 0 Å². The number of rotatable bonds is 7. The largest absolute Gasteiger partial charge is 0.396 e. The Morgan fingerprint density at radius 3 is 2.68 bits per heavy atom. The van der Waals surface area contributed by atoms with E-state index < -0.39 is 0 Å². The van der Waals surface area contributed by atoms with Gasteiger partial charge in [-0.25, -0.2) is 0 Å². The SMILES string of the molecule is CCCNC1CC(CCO)CN(C(C)C2CCC2)C1. The molecule has 112 valence electrons. The first kappa shape index (κ1) is 15.3. The zero-order chi connectivity index (χ0) is 13.7. The number of nitrogens with one attached hydrogen (secondary N) is 1. The molecule has 0 spiro atoms. The number of hydrogen-bond acceptors (Lipinski definition) is 3. The number of piperidine rings is 1. The average Bonchev–Trinajstić information content (AvgIpc) is 2.34. The van der Waals surface area contributed by atoms with E-state index in [1.54, 1.807) is 0 Å². The number of nitrogens with zero attached hydrogens (tertiary/aromatic N) is 1. The molecule has 2 rings (SSSR count). The van der Waals surface area contributed by atoms with Gasteiger partial charge in [-0.15, -0.1) is 0 Å². The van der Waals surface area contributed by atoms with Crippen LogP contribution < -0.4 is 5.32 Å². The van der Waals surface area contributed by atoms with Crippen molar-refractivity contribution in [3.8, 4) is 0 Å². The van der Waals surface area contributed by atoms with E-state index in [-0.39, 0.29) is 0 Å². The lowest BCUT2D eigenvalue weighted by molar-refractivity contribution is 0.0450. The summed E-state index contributed by atoms with van der Waals surface area (Å²) >= 11 is 0. The molecule has 1 aliphatic carbocycles. The Balaban J connectivity index is 1.88. The number of likely N-dealkylation sites (tertiary alicyclic amines) is 1. The molecular formula is C16H32N2O. The van der Waals surface area contributed by atoms with Gasteiger partial charge in [-0.1, -0.05) is 13.3 Å². The zero-order valence-electron chi connectivity index (χ0n) is 12.8. The lowest BCUT2D eigenvalue weighted by Crippen LogP contribution is -2.54. The van der Waals surface area contributed by atoms with Crippen LogP contribution in [0.4, 0.5) is 0 Å². The first-order chi connectivity index (χ1) is 9.24. The number of aliphatic hydroxyl groups is 1. The summed E-state index contributed by atoms with van der Waals surface area (Å²) < 4.78 is 0. The molecule has 1 saturated heterocycles. The highest BCUT2D eigenvalue weighted by Crippen LogP contribution is 2.34. The molecule has 1 aliphatic heterocycles. The van der Waals surface area contributed by atoms with Gasteiger partial charge in [0.05, 0.1) is 0 Å². The van der Waals surface area contributed by atoms with Crippen LogP contribution in [0.2, 0.25) is 0 Å². The Hall–Kier alpha value is -0.120. The van der Waals surface area contributed by atoms with E-state index in [1.165, 1.54) is 45.2 Å². The molecule has 0 aromatic rings. The summed E-state index contributed by atoms with van der Waals surface area (Å²) in [5, 5.41) is 12.9. The first-order valence-electron chi connectivity index (χ1n) is 8.32. The second-order valence-electron chi connectivity index (χ2n) is 6.65. The molecule has 2 aliphatic rings. The van der Waals surface area contributed by atoms with Gasteiger partial charge in [-0.05, 0) is 57.4 Å². The molecule has 19 heavy (non-hydrogen) atoms. The highest BCUT2D eigenvalue weighted by molar-refractivity contribution is 4.89. The van der Waals surface area contributed by atoms with Crippen LogP contribution in [0.3, 0.4) is 0 Å². The van der Waals surface area contributed by atoms with Gasteiger partial charge in [-0.2, -0.15) is 0 Å². The van der Waals surface area contributed by atoms with Gasteiger partial charge in [0.2, 0.25) is 0 Å². The van der Waals surface area contributed by atoms with E-state index in [0.717, 1.165) is 24.9 Å². The zero-order valence-corrected chi connectivity index (χ0v) is 12.8. The molecule has 1 saturated carbocycles. The molecular weight excluding hydrogens is 236 g/mol.